The molecule has 0 aliphatic heterocycles. The zero-order valence-corrected chi connectivity index (χ0v) is 11.3. The van der Waals surface area contributed by atoms with Crippen LogP contribution in [0.3, 0.4) is 0 Å². The van der Waals surface area contributed by atoms with Crippen LogP contribution in [0.15, 0.2) is 6.07 Å². The van der Waals surface area contributed by atoms with E-state index < -0.39 is 17.6 Å². The monoisotopic (exact) mass is 275 g/mol. The van der Waals surface area contributed by atoms with Crippen LogP contribution < -0.4 is 5.73 Å². The molecule has 1 aromatic rings. The Balaban J connectivity index is 2.12. The minimum absolute atomic E-state index is 0.0146. The molecule has 0 amide bonds. The highest BCUT2D eigenvalue weighted by atomic mass is 19.4. The number of hydrogen-bond donors (Lipinski definition) is 1. The minimum Gasteiger partial charge on any atom is -0.325 e. The second-order valence-corrected chi connectivity index (χ2v) is 5.77. The first-order valence-corrected chi connectivity index (χ1v) is 6.55. The summed E-state index contributed by atoms with van der Waals surface area (Å²) < 4.78 is 40.2. The summed E-state index contributed by atoms with van der Waals surface area (Å²) in [5, 5.41) is 4.21. The average molecular weight is 275 g/mol. The second kappa shape index (κ2) is 4.81. The number of aryl methyl sites for hydroxylation is 2. The van der Waals surface area contributed by atoms with E-state index in [1.54, 1.807) is 11.7 Å². The van der Waals surface area contributed by atoms with Crippen LogP contribution in [-0.4, -0.2) is 21.5 Å². The van der Waals surface area contributed by atoms with Crippen LogP contribution in [0.25, 0.3) is 0 Å². The zero-order chi connectivity index (χ0) is 14.3. The third-order valence-corrected chi connectivity index (χ3v) is 3.98. The van der Waals surface area contributed by atoms with Crippen LogP contribution in [0.2, 0.25) is 0 Å². The van der Waals surface area contributed by atoms with Gasteiger partial charge in [-0.2, -0.15) is 18.3 Å². The van der Waals surface area contributed by atoms with Gasteiger partial charge in [0, 0.05) is 24.7 Å². The fourth-order valence-electron chi connectivity index (χ4n) is 3.03. The first-order valence-electron chi connectivity index (χ1n) is 6.55. The first kappa shape index (κ1) is 14.4. The third-order valence-electron chi connectivity index (χ3n) is 3.98. The van der Waals surface area contributed by atoms with Gasteiger partial charge in [-0.25, -0.2) is 0 Å². The SMILES string of the molecule is Cc1cc(CC2(N)CCCC(C(F)(F)F)C2)n(C)n1. The molecule has 1 saturated carbocycles. The largest absolute Gasteiger partial charge is 0.391 e. The number of nitrogens with two attached hydrogens (primary N) is 1. The van der Waals surface area contributed by atoms with Crippen LogP contribution in [0.1, 0.15) is 37.1 Å². The summed E-state index contributed by atoms with van der Waals surface area (Å²) in [6, 6.07) is 1.89. The van der Waals surface area contributed by atoms with E-state index in [9.17, 15) is 13.2 Å². The maximum absolute atomic E-state index is 12.8. The Labute approximate surface area is 111 Å². The van der Waals surface area contributed by atoms with Gasteiger partial charge < -0.3 is 5.73 Å². The highest BCUT2D eigenvalue weighted by Crippen LogP contribution is 2.41. The molecule has 0 radical (unpaired) electrons. The van der Waals surface area contributed by atoms with E-state index in [1.807, 2.05) is 13.0 Å². The Hall–Kier alpha value is -1.04. The van der Waals surface area contributed by atoms with Gasteiger partial charge in [-0.1, -0.05) is 6.42 Å². The molecule has 1 aromatic heterocycles. The third kappa shape index (κ3) is 3.29. The van der Waals surface area contributed by atoms with E-state index in [-0.39, 0.29) is 12.8 Å². The standard InChI is InChI=1S/C13H20F3N3/c1-9-6-11(19(2)18-9)8-12(17)5-3-4-10(7-12)13(14,15)16/h6,10H,3-5,7-8,17H2,1-2H3. The summed E-state index contributed by atoms with van der Waals surface area (Å²) in [4.78, 5) is 0. The normalized spacial score (nSPS) is 28.6. The molecule has 0 saturated heterocycles. The quantitative estimate of drug-likeness (QED) is 0.902. The number of nitrogens with zero attached hydrogens (tertiary/aromatic N) is 2. The van der Waals surface area contributed by atoms with Crippen LogP contribution in [0, 0.1) is 12.8 Å². The van der Waals surface area contributed by atoms with Gasteiger partial charge in [0.15, 0.2) is 0 Å². The molecule has 6 heteroatoms. The van der Waals surface area contributed by atoms with Crippen molar-refractivity contribution in [2.24, 2.45) is 18.7 Å². The summed E-state index contributed by atoms with van der Waals surface area (Å²) in [7, 11) is 1.80. The highest BCUT2D eigenvalue weighted by molar-refractivity contribution is 5.13. The Morgan fingerprint density at radius 2 is 2.21 bits per heavy atom. The van der Waals surface area contributed by atoms with E-state index in [4.69, 9.17) is 5.73 Å². The van der Waals surface area contributed by atoms with E-state index in [0.717, 1.165) is 11.4 Å². The molecule has 1 heterocycles. The van der Waals surface area contributed by atoms with Crippen LogP contribution in [-0.2, 0) is 13.5 Å². The van der Waals surface area contributed by atoms with Crippen molar-refractivity contribution in [2.45, 2.75) is 50.7 Å². The lowest BCUT2D eigenvalue weighted by Crippen LogP contribution is -2.49. The van der Waals surface area contributed by atoms with Crippen LogP contribution >= 0.6 is 0 Å². The maximum atomic E-state index is 12.8. The Morgan fingerprint density at radius 1 is 1.53 bits per heavy atom. The molecule has 2 N–H and O–H groups in total. The smallest absolute Gasteiger partial charge is 0.325 e. The Kier molecular flexibility index (Phi) is 3.64. The summed E-state index contributed by atoms with van der Waals surface area (Å²) in [6.07, 6.45) is -2.28. The van der Waals surface area contributed by atoms with E-state index >= 15 is 0 Å². The second-order valence-electron chi connectivity index (χ2n) is 5.77. The van der Waals surface area contributed by atoms with Crippen molar-refractivity contribution in [3.05, 3.63) is 17.5 Å². The van der Waals surface area contributed by atoms with Gasteiger partial charge in [0.2, 0.25) is 0 Å². The molecule has 19 heavy (non-hydrogen) atoms. The molecule has 1 aliphatic carbocycles. The van der Waals surface area contributed by atoms with E-state index in [0.29, 0.717) is 19.3 Å². The number of halogens is 3. The van der Waals surface area contributed by atoms with Gasteiger partial charge in [-0.3, -0.25) is 4.68 Å². The molecule has 108 valence electrons. The Bertz CT molecular complexity index is 452. The molecule has 3 nitrogen and oxygen atoms in total. The molecule has 2 atom stereocenters. The first-order chi connectivity index (χ1) is 8.70. The number of rotatable bonds is 2. The van der Waals surface area contributed by atoms with Crippen molar-refractivity contribution in [1.82, 2.24) is 9.78 Å². The highest BCUT2D eigenvalue weighted by Gasteiger charge is 2.46. The van der Waals surface area contributed by atoms with Gasteiger partial charge in [0.25, 0.3) is 0 Å². The molecule has 2 rings (SSSR count). The van der Waals surface area contributed by atoms with Crippen molar-refractivity contribution in [1.29, 1.82) is 0 Å². The number of aromatic nitrogens is 2. The fraction of sp³-hybridized carbons (Fsp3) is 0.769. The van der Waals surface area contributed by atoms with Crippen molar-refractivity contribution < 1.29 is 13.2 Å². The zero-order valence-electron chi connectivity index (χ0n) is 11.3. The molecule has 0 spiro atoms. The Morgan fingerprint density at radius 3 is 2.74 bits per heavy atom. The predicted molar refractivity (Wildman–Crippen MR) is 66.6 cm³/mol. The topological polar surface area (TPSA) is 43.8 Å². The predicted octanol–water partition coefficient (Wildman–Crippen LogP) is 2.72. The van der Waals surface area contributed by atoms with Gasteiger partial charge in [0.05, 0.1) is 11.6 Å². The van der Waals surface area contributed by atoms with Crippen molar-refractivity contribution in [2.75, 3.05) is 0 Å². The molecular weight excluding hydrogens is 255 g/mol. The molecule has 0 aromatic carbocycles. The number of alkyl halides is 3. The van der Waals surface area contributed by atoms with Gasteiger partial charge in [-0.15, -0.1) is 0 Å². The molecule has 1 fully saturated rings. The van der Waals surface area contributed by atoms with Gasteiger partial charge >= 0.3 is 6.18 Å². The lowest BCUT2D eigenvalue weighted by Gasteiger charge is -2.38. The molecular formula is C13H20F3N3. The van der Waals surface area contributed by atoms with Gasteiger partial charge in [-0.05, 0) is 32.3 Å². The molecule has 0 bridgehead atoms. The van der Waals surface area contributed by atoms with Crippen molar-refractivity contribution >= 4 is 0 Å². The average Bonchev–Trinajstić information content (AvgIpc) is 2.55. The van der Waals surface area contributed by atoms with Crippen LogP contribution in [0.4, 0.5) is 13.2 Å². The lowest BCUT2D eigenvalue weighted by molar-refractivity contribution is -0.187. The lowest BCUT2D eigenvalue weighted by atomic mass is 9.73. The summed E-state index contributed by atoms with van der Waals surface area (Å²) >= 11 is 0. The maximum Gasteiger partial charge on any atom is 0.391 e. The number of hydrogen-bond acceptors (Lipinski definition) is 2. The van der Waals surface area contributed by atoms with Crippen LogP contribution in [0.5, 0.6) is 0 Å². The fourth-order valence-corrected chi connectivity index (χ4v) is 3.03. The summed E-state index contributed by atoms with van der Waals surface area (Å²) in [5.41, 5.74) is 7.22. The van der Waals surface area contributed by atoms with Gasteiger partial charge in [0.1, 0.15) is 0 Å². The summed E-state index contributed by atoms with van der Waals surface area (Å²) in [6.45, 7) is 1.87. The summed E-state index contributed by atoms with van der Waals surface area (Å²) in [5.74, 6) is -1.26. The van der Waals surface area contributed by atoms with E-state index in [1.165, 1.54) is 0 Å². The molecule has 2 unspecified atom stereocenters. The van der Waals surface area contributed by atoms with E-state index in [2.05, 4.69) is 5.10 Å². The minimum atomic E-state index is -4.13. The van der Waals surface area contributed by atoms with Crippen molar-refractivity contribution in [3.63, 3.8) is 0 Å². The molecule has 1 aliphatic rings. The van der Waals surface area contributed by atoms with Crippen molar-refractivity contribution in [3.8, 4) is 0 Å².